The molecular weight excluding hydrogens is 373 g/mol. The number of rotatable bonds is 7. The molecule has 1 aliphatic carbocycles. The van der Waals surface area contributed by atoms with Crippen molar-refractivity contribution in [2.75, 3.05) is 0 Å². The van der Waals surface area contributed by atoms with E-state index in [4.69, 9.17) is 4.98 Å². The van der Waals surface area contributed by atoms with Gasteiger partial charge in [-0.3, -0.25) is 4.79 Å². The molecule has 0 saturated heterocycles. The number of carbonyl (C=O) groups is 1. The van der Waals surface area contributed by atoms with Gasteiger partial charge in [0.15, 0.2) is 5.16 Å². The average Bonchev–Trinajstić information content (AvgIpc) is 3.44. The number of aromatic nitrogens is 2. The predicted octanol–water partition coefficient (Wildman–Crippen LogP) is 4.56. The highest BCUT2D eigenvalue weighted by Gasteiger charge is 2.30. The second-order valence-corrected chi connectivity index (χ2v) is 8.20. The van der Waals surface area contributed by atoms with Gasteiger partial charge in [0.1, 0.15) is 11.1 Å². The topological polar surface area (TPSA) is 57.8 Å². The summed E-state index contributed by atoms with van der Waals surface area (Å²) in [6, 6.07) is 16.6. The number of hydrogen-bond donors (Lipinski definition) is 2. The Morgan fingerprint density at radius 2 is 1.93 bits per heavy atom. The summed E-state index contributed by atoms with van der Waals surface area (Å²) in [6.45, 7) is 1.99. The first kappa shape index (κ1) is 18.7. The lowest BCUT2D eigenvalue weighted by Crippen LogP contribution is -2.29. The number of aromatic amines is 1. The van der Waals surface area contributed by atoms with Crippen LogP contribution in [0, 0.1) is 12.7 Å². The van der Waals surface area contributed by atoms with Crippen LogP contribution >= 0.6 is 11.8 Å². The van der Waals surface area contributed by atoms with Crippen molar-refractivity contribution >= 4 is 17.7 Å². The summed E-state index contributed by atoms with van der Waals surface area (Å²) in [6.07, 6.45) is 2.78. The zero-order chi connectivity index (χ0) is 19.5. The average molecular weight is 396 g/mol. The van der Waals surface area contributed by atoms with Gasteiger partial charge >= 0.3 is 0 Å². The molecule has 1 saturated carbocycles. The molecule has 1 atom stereocenters. The fourth-order valence-electron chi connectivity index (χ4n) is 3.01. The normalized spacial score (nSPS) is 14.6. The molecule has 0 spiro atoms. The number of amides is 1. The Balaban J connectivity index is 1.55. The zero-order valence-corrected chi connectivity index (χ0v) is 16.4. The third-order valence-corrected chi connectivity index (χ3v) is 5.88. The molecule has 4 nitrogen and oxygen atoms in total. The lowest BCUT2D eigenvalue weighted by atomic mass is 10.1. The summed E-state index contributed by atoms with van der Waals surface area (Å²) in [7, 11) is 0. The van der Waals surface area contributed by atoms with Gasteiger partial charge in [0.2, 0.25) is 5.91 Å². The number of benzene rings is 2. The van der Waals surface area contributed by atoms with E-state index < -0.39 is 5.25 Å². The highest BCUT2D eigenvalue weighted by molar-refractivity contribution is 8.00. The second-order valence-electron chi connectivity index (χ2n) is 7.11. The van der Waals surface area contributed by atoms with Crippen molar-refractivity contribution in [2.45, 2.75) is 42.6 Å². The molecule has 1 unspecified atom stereocenters. The minimum Gasteiger partial charge on any atom is -0.352 e. The Kier molecular flexibility index (Phi) is 5.48. The first-order chi connectivity index (χ1) is 13.6. The van der Waals surface area contributed by atoms with Crippen molar-refractivity contribution in [3.05, 3.63) is 82.9 Å². The molecule has 1 aromatic heterocycles. The molecule has 6 heteroatoms. The van der Waals surface area contributed by atoms with Crippen LogP contribution in [0.2, 0.25) is 0 Å². The summed E-state index contributed by atoms with van der Waals surface area (Å²) >= 11 is 1.37. The van der Waals surface area contributed by atoms with E-state index >= 15 is 0 Å². The van der Waals surface area contributed by atoms with Crippen LogP contribution in [0.1, 0.15) is 40.6 Å². The Morgan fingerprint density at radius 3 is 2.61 bits per heavy atom. The molecule has 2 N–H and O–H groups in total. The monoisotopic (exact) mass is 395 g/mol. The summed E-state index contributed by atoms with van der Waals surface area (Å²) in [5.74, 6) is -0.369. The number of aryl methyl sites for hydroxylation is 1. The molecule has 1 aliphatic rings. The maximum atomic E-state index is 13.3. The number of imidazole rings is 1. The van der Waals surface area contributed by atoms with Gasteiger partial charge in [-0.25, -0.2) is 9.37 Å². The standard InChI is InChI=1S/C22H22FN3OS/c1-14-19(13-15-5-3-2-4-6-15)26-22(24-14)28-20(21(27)25-18-11-12-18)16-7-9-17(23)10-8-16/h2-10,18,20H,11-13H2,1H3,(H,24,26)(H,25,27). The third kappa shape index (κ3) is 4.62. The van der Waals surface area contributed by atoms with E-state index in [1.54, 1.807) is 12.1 Å². The fraction of sp³-hybridized carbons (Fsp3) is 0.273. The molecule has 0 bridgehead atoms. The zero-order valence-electron chi connectivity index (χ0n) is 15.6. The van der Waals surface area contributed by atoms with Gasteiger partial charge in [0.05, 0.1) is 5.69 Å². The van der Waals surface area contributed by atoms with Crippen molar-refractivity contribution in [1.29, 1.82) is 0 Å². The molecule has 0 radical (unpaired) electrons. The number of H-pyrrole nitrogens is 1. The maximum absolute atomic E-state index is 13.3. The Morgan fingerprint density at radius 1 is 1.21 bits per heavy atom. The third-order valence-electron chi connectivity index (χ3n) is 4.74. The van der Waals surface area contributed by atoms with Gasteiger partial charge in [0.25, 0.3) is 0 Å². The van der Waals surface area contributed by atoms with E-state index in [-0.39, 0.29) is 17.8 Å². The van der Waals surface area contributed by atoms with E-state index in [1.807, 2.05) is 25.1 Å². The number of hydrogen-bond acceptors (Lipinski definition) is 3. The minimum atomic E-state index is -0.476. The Bertz CT molecular complexity index is 952. The van der Waals surface area contributed by atoms with Gasteiger partial charge in [-0.2, -0.15) is 0 Å². The highest BCUT2D eigenvalue weighted by atomic mass is 32.2. The molecule has 4 rings (SSSR count). The smallest absolute Gasteiger partial charge is 0.238 e. The Labute approximate surface area is 168 Å². The van der Waals surface area contributed by atoms with Crippen LogP contribution < -0.4 is 5.32 Å². The lowest BCUT2D eigenvalue weighted by molar-refractivity contribution is -0.120. The van der Waals surface area contributed by atoms with E-state index in [0.717, 1.165) is 36.2 Å². The van der Waals surface area contributed by atoms with Crippen LogP contribution in [-0.4, -0.2) is 21.9 Å². The number of carbonyl (C=O) groups excluding carboxylic acids is 1. The summed E-state index contributed by atoms with van der Waals surface area (Å²) in [4.78, 5) is 20.8. The molecule has 1 fully saturated rings. The number of halogens is 1. The predicted molar refractivity (Wildman–Crippen MR) is 109 cm³/mol. The molecule has 3 aromatic rings. The Hall–Kier alpha value is -2.60. The van der Waals surface area contributed by atoms with Crippen LogP contribution in [0.25, 0.3) is 0 Å². The largest absolute Gasteiger partial charge is 0.352 e. The van der Waals surface area contributed by atoms with Gasteiger partial charge < -0.3 is 10.3 Å². The molecule has 0 aliphatic heterocycles. The van der Waals surface area contributed by atoms with Crippen LogP contribution in [0.5, 0.6) is 0 Å². The fourth-order valence-corrected chi connectivity index (χ4v) is 4.08. The van der Waals surface area contributed by atoms with Crippen molar-refractivity contribution < 1.29 is 9.18 Å². The van der Waals surface area contributed by atoms with Crippen LogP contribution in [-0.2, 0) is 11.2 Å². The summed E-state index contributed by atoms with van der Waals surface area (Å²) < 4.78 is 13.3. The number of thioether (sulfide) groups is 1. The molecule has 144 valence electrons. The van der Waals surface area contributed by atoms with Crippen molar-refractivity contribution in [1.82, 2.24) is 15.3 Å². The van der Waals surface area contributed by atoms with Crippen molar-refractivity contribution in [2.24, 2.45) is 0 Å². The van der Waals surface area contributed by atoms with Crippen molar-refractivity contribution in [3.63, 3.8) is 0 Å². The van der Waals surface area contributed by atoms with Crippen molar-refractivity contribution in [3.8, 4) is 0 Å². The van der Waals surface area contributed by atoms with Crippen LogP contribution in [0.4, 0.5) is 4.39 Å². The van der Waals surface area contributed by atoms with E-state index in [0.29, 0.717) is 5.16 Å². The first-order valence-electron chi connectivity index (χ1n) is 9.40. The van der Waals surface area contributed by atoms with Gasteiger partial charge in [0, 0.05) is 18.2 Å². The SMILES string of the molecule is Cc1[nH]c(SC(C(=O)NC2CC2)c2ccc(F)cc2)nc1Cc1ccccc1. The second kappa shape index (κ2) is 8.19. The quantitative estimate of drug-likeness (QED) is 0.577. The van der Waals surface area contributed by atoms with Gasteiger partial charge in [-0.1, -0.05) is 54.2 Å². The summed E-state index contributed by atoms with van der Waals surface area (Å²) in [5, 5.41) is 3.28. The van der Waals surface area contributed by atoms with E-state index in [2.05, 4.69) is 22.4 Å². The number of nitrogens with one attached hydrogen (secondary N) is 2. The lowest BCUT2D eigenvalue weighted by Gasteiger charge is -2.15. The minimum absolute atomic E-state index is 0.0576. The van der Waals surface area contributed by atoms with Crippen LogP contribution in [0.3, 0.4) is 0 Å². The molecule has 1 heterocycles. The van der Waals surface area contributed by atoms with Gasteiger partial charge in [-0.15, -0.1) is 0 Å². The van der Waals surface area contributed by atoms with E-state index in [9.17, 15) is 9.18 Å². The highest BCUT2D eigenvalue weighted by Crippen LogP contribution is 2.35. The first-order valence-corrected chi connectivity index (χ1v) is 10.3. The maximum Gasteiger partial charge on any atom is 0.238 e. The van der Waals surface area contributed by atoms with E-state index in [1.165, 1.54) is 29.5 Å². The van der Waals surface area contributed by atoms with Gasteiger partial charge in [-0.05, 0) is 43.0 Å². The molecule has 28 heavy (non-hydrogen) atoms. The molecular formula is C22H22FN3OS. The molecule has 2 aromatic carbocycles. The molecule has 1 amide bonds. The van der Waals surface area contributed by atoms with Crippen LogP contribution in [0.15, 0.2) is 59.8 Å². The summed E-state index contributed by atoms with van der Waals surface area (Å²) in [5.41, 5.74) is 3.92. The number of nitrogens with zero attached hydrogens (tertiary/aromatic N) is 1.